The van der Waals surface area contributed by atoms with Crippen molar-refractivity contribution in [3.63, 3.8) is 0 Å². The average molecular weight is 515 g/mol. The second kappa shape index (κ2) is 12.8. The molecule has 3 atom stereocenters. The zero-order chi connectivity index (χ0) is 26.9. The van der Waals surface area contributed by atoms with E-state index in [0.29, 0.717) is 11.1 Å². The van der Waals surface area contributed by atoms with E-state index in [-0.39, 0.29) is 18.1 Å². The van der Waals surface area contributed by atoms with Gasteiger partial charge in [0.15, 0.2) is 14.4 Å². The fraction of sp³-hybridized carbons (Fsp3) is 0.444. The molecule has 0 heterocycles. The average Bonchev–Trinajstić information content (AvgIpc) is 2.85. The zero-order valence-electron chi connectivity index (χ0n) is 21.9. The predicted octanol–water partition coefficient (Wildman–Crippen LogP) is 3.59. The van der Waals surface area contributed by atoms with Gasteiger partial charge in [0.05, 0.1) is 13.2 Å². The van der Waals surface area contributed by atoms with Gasteiger partial charge in [-0.25, -0.2) is 4.79 Å². The number of aliphatic hydroxyl groups excluding tert-OH is 1. The summed E-state index contributed by atoms with van der Waals surface area (Å²) in [5.74, 6) is -1.89. The van der Waals surface area contributed by atoms with Gasteiger partial charge in [-0.15, -0.1) is 0 Å². The highest BCUT2D eigenvalue weighted by Crippen LogP contribution is 2.36. The van der Waals surface area contributed by atoms with Crippen molar-refractivity contribution in [3.8, 4) is 0 Å². The Hall–Kier alpha value is -3.01. The van der Waals surface area contributed by atoms with E-state index in [1.807, 2.05) is 0 Å². The first kappa shape index (κ1) is 29.2. The van der Waals surface area contributed by atoms with Crippen LogP contribution in [0.4, 0.5) is 0 Å². The van der Waals surface area contributed by atoms with Crippen LogP contribution in [0.3, 0.4) is 0 Å². The summed E-state index contributed by atoms with van der Waals surface area (Å²) < 4.78 is 11.0. The van der Waals surface area contributed by atoms with E-state index in [1.54, 1.807) is 60.7 Å². The fourth-order valence-electron chi connectivity index (χ4n) is 3.27. The molecule has 0 spiro atoms. The third kappa shape index (κ3) is 8.01. The number of amides is 2. The molecule has 0 aliphatic rings. The van der Waals surface area contributed by atoms with Crippen molar-refractivity contribution in [3.05, 3.63) is 71.8 Å². The molecule has 0 aromatic heterocycles. The molecule has 9 heteroatoms. The highest BCUT2D eigenvalue weighted by molar-refractivity contribution is 6.74. The van der Waals surface area contributed by atoms with Crippen LogP contribution >= 0.6 is 0 Å². The van der Waals surface area contributed by atoms with Crippen LogP contribution < -0.4 is 10.6 Å². The van der Waals surface area contributed by atoms with Gasteiger partial charge in [-0.3, -0.25) is 9.59 Å². The molecule has 0 aliphatic heterocycles. The molecule has 36 heavy (non-hydrogen) atoms. The van der Waals surface area contributed by atoms with E-state index in [1.165, 1.54) is 7.11 Å². The molecule has 2 rings (SSSR count). The molecule has 0 saturated carbocycles. The van der Waals surface area contributed by atoms with Gasteiger partial charge >= 0.3 is 5.97 Å². The molecule has 196 valence electrons. The molecule has 0 bridgehead atoms. The maximum Gasteiger partial charge on any atom is 0.328 e. The van der Waals surface area contributed by atoms with Crippen LogP contribution in [0.1, 0.15) is 49.2 Å². The van der Waals surface area contributed by atoms with Crippen molar-refractivity contribution in [2.45, 2.75) is 63.5 Å². The monoisotopic (exact) mass is 514 g/mol. The van der Waals surface area contributed by atoms with Gasteiger partial charge in [-0.1, -0.05) is 69.3 Å². The summed E-state index contributed by atoms with van der Waals surface area (Å²) in [6.07, 6.45) is -1.47. The van der Waals surface area contributed by atoms with Crippen molar-refractivity contribution in [1.29, 1.82) is 0 Å². The molecule has 0 fully saturated rings. The van der Waals surface area contributed by atoms with Crippen molar-refractivity contribution in [2.24, 2.45) is 0 Å². The van der Waals surface area contributed by atoms with Crippen LogP contribution in [-0.4, -0.2) is 57.1 Å². The number of hydrogen-bond donors (Lipinski definition) is 3. The lowest BCUT2D eigenvalue weighted by Gasteiger charge is -2.36. The van der Waals surface area contributed by atoms with Crippen LogP contribution in [-0.2, 0) is 18.8 Å². The minimum absolute atomic E-state index is 0.00688. The molecule has 0 saturated heterocycles. The van der Waals surface area contributed by atoms with Crippen LogP contribution in [0.5, 0.6) is 0 Å². The summed E-state index contributed by atoms with van der Waals surface area (Å²) in [6, 6.07) is 15.2. The number of ether oxygens (including phenoxy) is 1. The third-order valence-corrected chi connectivity index (χ3v) is 11.1. The largest absolute Gasteiger partial charge is 0.467 e. The summed E-state index contributed by atoms with van der Waals surface area (Å²) in [5.41, 5.74) is 0.932. The Morgan fingerprint density at radius 2 is 1.50 bits per heavy atom. The Bertz CT molecular complexity index is 1010. The normalized spacial score (nSPS) is 14.3. The molecule has 2 aromatic rings. The van der Waals surface area contributed by atoms with Crippen molar-refractivity contribution < 1.29 is 28.7 Å². The summed E-state index contributed by atoms with van der Waals surface area (Å²) in [7, 11) is -0.817. The highest BCUT2D eigenvalue weighted by Gasteiger charge is 2.38. The first-order chi connectivity index (χ1) is 16.9. The number of hydrogen-bond acceptors (Lipinski definition) is 6. The minimum Gasteiger partial charge on any atom is -0.467 e. The van der Waals surface area contributed by atoms with Crippen LogP contribution in [0.2, 0.25) is 18.1 Å². The fourth-order valence-corrected chi connectivity index (χ4v) is 4.33. The SMILES string of the molecule is COC(=O)[C@H](CCO[Si](C)(C)C(C)(C)C)NC(=O)[C@H](O)[C@@H](NC(=O)c1ccccc1)c1ccccc1. The van der Waals surface area contributed by atoms with Gasteiger partial charge in [0.2, 0.25) is 0 Å². The molecule has 8 nitrogen and oxygen atoms in total. The Balaban J connectivity index is 2.16. The third-order valence-electron chi connectivity index (χ3n) is 6.54. The number of nitrogens with one attached hydrogen (secondary N) is 2. The maximum absolute atomic E-state index is 13.1. The van der Waals surface area contributed by atoms with Crippen LogP contribution in [0.25, 0.3) is 0 Å². The summed E-state index contributed by atoms with van der Waals surface area (Å²) in [6.45, 7) is 10.8. The summed E-state index contributed by atoms with van der Waals surface area (Å²) in [4.78, 5) is 38.3. The van der Waals surface area contributed by atoms with Gasteiger partial charge in [-0.2, -0.15) is 0 Å². The number of methoxy groups -OCH3 is 1. The molecule has 3 N–H and O–H groups in total. The number of esters is 1. The van der Waals surface area contributed by atoms with Crippen LogP contribution in [0, 0.1) is 0 Å². The lowest BCUT2D eigenvalue weighted by molar-refractivity contribution is -0.147. The van der Waals surface area contributed by atoms with Gasteiger partial charge < -0.3 is 24.9 Å². The van der Waals surface area contributed by atoms with Gasteiger partial charge in [0, 0.05) is 18.6 Å². The van der Waals surface area contributed by atoms with Gasteiger partial charge in [0.1, 0.15) is 6.04 Å². The number of carbonyl (C=O) groups excluding carboxylic acids is 3. The standard InChI is InChI=1S/C27H38N2O6Si/c1-27(2,3)36(5,6)35-18-17-21(26(33)34-4)28-25(32)23(30)22(19-13-9-7-10-14-19)29-24(31)20-15-11-8-12-16-20/h7-16,21-23,30H,17-18H2,1-6H3,(H,28,32)(H,29,31)/t21-,22-,23+/m0/s1. The Morgan fingerprint density at radius 3 is 2.03 bits per heavy atom. The second-order valence-corrected chi connectivity index (χ2v) is 15.0. The second-order valence-electron chi connectivity index (χ2n) is 10.2. The molecule has 2 amide bonds. The topological polar surface area (TPSA) is 114 Å². The van der Waals surface area contributed by atoms with E-state index >= 15 is 0 Å². The smallest absolute Gasteiger partial charge is 0.328 e. The quantitative estimate of drug-likeness (QED) is 0.312. The lowest BCUT2D eigenvalue weighted by Crippen LogP contribution is -2.51. The Morgan fingerprint density at radius 1 is 0.944 bits per heavy atom. The molecular formula is C27H38N2O6Si. The van der Waals surface area contributed by atoms with Crippen LogP contribution in [0.15, 0.2) is 60.7 Å². The lowest BCUT2D eigenvalue weighted by atomic mass is 9.99. The van der Waals surface area contributed by atoms with E-state index in [0.717, 1.165) is 0 Å². The number of carbonyl (C=O) groups is 3. The zero-order valence-corrected chi connectivity index (χ0v) is 22.9. The van der Waals surface area contributed by atoms with Crippen molar-refractivity contribution in [1.82, 2.24) is 10.6 Å². The van der Waals surface area contributed by atoms with E-state index in [9.17, 15) is 19.5 Å². The molecular weight excluding hydrogens is 476 g/mol. The summed E-state index contributed by atoms with van der Waals surface area (Å²) in [5, 5.41) is 16.3. The Kier molecular flexibility index (Phi) is 10.4. The van der Waals surface area contributed by atoms with Gasteiger partial charge in [0.25, 0.3) is 11.8 Å². The number of rotatable bonds is 11. The molecule has 2 aromatic carbocycles. The van der Waals surface area contributed by atoms with Gasteiger partial charge in [-0.05, 0) is 35.8 Å². The van der Waals surface area contributed by atoms with E-state index in [2.05, 4.69) is 44.5 Å². The number of benzene rings is 2. The predicted molar refractivity (Wildman–Crippen MR) is 141 cm³/mol. The molecule has 0 radical (unpaired) electrons. The Labute approximate surface area is 214 Å². The first-order valence-electron chi connectivity index (χ1n) is 12.0. The first-order valence-corrected chi connectivity index (χ1v) is 14.9. The summed E-state index contributed by atoms with van der Waals surface area (Å²) >= 11 is 0. The highest BCUT2D eigenvalue weighted by atomic mass is 28.4. The minimum atomic E-state index is -2.05. The van der Waals surface area contributed by atoms with E-state index in [4.69, 9.17) is 9.16 Å². The maximum atomic E-state index is 13.1. The van der Waals surface area contributed by atoms with Crippen molar-refractivity contribution >= 4 is 26.1 Å². The van der Waals surface area contributed by atoms with Crippen molar-refractivity contribution in [2.75, 3.05) is 13.7 Å². The van der Waals surface area contributed by atoms with E-state index < -0.39 is 44.3 Å². The number of aliphatic hydroxyl groups is 1. The molecule has 0 aliphatic carbocycles. The molecule has 0 unspecified atom stereocenters.